The lowest BCUT2D eigenvalue weighted by Gasteiger charge is -2.00. The summed E-state index contributed by atoms with van der Waals surface area (Å²) < 4.78 is 23.9. The third-order valence-electron chi connectivity index (χ3n) is 2.39. The van der Waals surface area contributed by atoms with Crippen molar-refractivity contribution >= 4 is 0 Å². The fourth-order valence-corrected chi connectivity index (χ4v) is 1.48. The highest BCUT2D eigenvalue weighted by atomic mass is 19.2. The van der Waals surface area contributed by atoms with Gasteiger partial charge >= 0.3 is 0 Å². The fourth-order valence-electron chi connectivity index (χ4n) is 1.48. The lowest BCUT2D eigenvalue weighted by atomic mass is 10.1. The van der Waals surface area contributed by atoms with Gasteiger partial charge in [0.15, 0.2) is 0 Å². The van der Waals surface area contributed by atoms with Crippen molar-refractivity contribution in [2.24, 2.45) is 0 Å². The van der Waals surface area contributed by atoms with Crippen LogP contribution in [-0.4, -0.2) is 0 Å². The monoisotopic (exact) mass is 204 g/mol. The zero-order chi connectivity index (χ0) is 10.6. The van der Waals surface area contributed by atoms with Crippen LogP contribution >= 0.6 is 0 Å². The summed E-state index contributed by atoms with van der Waals surface area (Å²) in [5.74, 6) is -0.615. The molecule has 0 saturated carbocycles. The van der Waals surface area contributed by atoms with Gasteiger partial charge in [0.1, 0.15) is 12.2 Å². The Balaban J connectivity index is 2.99. The Bertz CT molecular complexity index is 141. The lowest BCUT2D eigenvalue weighted by molar-refractivity contribution is 0.513. The number of hydrogen-bond donors (Lipinski definition) is 0. The largest absolute Gasteiger partial charge is 0.213 e. The minimum atomic E-state index is -0.615. The van der Waals surface area contributed by atoms with Gasteiger partial charge in [-0.1, -0.05) is 51.9 Å². The van der Waals surface area contributed by atoms with E-state index in [0.29, 0.717) is 0 Å². The maximum absolute atomic E-state index is 12.3. The summed E-state index contributed by atoms with van der Waals surface area (Å²) in [5.41, 5.74) is 0. The third-order valence-corrected chi connectivity index (χ3v) is 2.39. The Labute approximate surface area is 86.4 Å². The van der Waals surface area contributed by atoms with Gasteiger partial charge in [0.2, 0.25) is 0 Å². The van der Waals surface area contributed by atoms with Gasteiger partial charge in [-0.2, -0.15) is 0 Å². The van der Waals surface area contributed by atoms with Crippen molar-refractivity contribution in [2.45, 2.75) is 64.7 Å². The summed E-state index contributed by atoms with van der Waals surface area (Å²) in [6, 6.07) is 0. The van der Waals surface area contributed by atoms with Gasteiger partial charge in [-0.15, -0.1) is 0 Å². The highest BCUT2D eigenvalue weighted by Crippen LogP contribution is 2.13. The van der Waals surface area contributed by atoms with E-state index in [-0.39, 0.29) is 12.8 Å². The number of hydrogen-bond acceptors (Lipinski definition) is 0. The van der Waals surface area contributed by atoms with Crippen molar-refractivity contribution in [3.8, 4) is 0 Å². The zero-order valence-corrected chi connectivity index (χ0v) is 9.20. The highest BCUT2D eigenvalue weighted by Gasteiger charge is 1.95. The van der Waals surface area contributed by atoms with E-state index in [1.807, 2.05) is 0 Å². The second kappa shape index (κ2) is 10.7. The summed E-state index contributed by atoms with van der Waals surface area (Å²) in [7, 11) is 0. The lowest BCUT2D eigenvalue weighted by Crippen LogP contribution is -1.81. The number of allylic oxidation sites excluding steroid dienone is 1. The van der Waals surface area contributed by atoms with Gasteiger partial charge in [-0.05, 0) is 6.42 Å². The van der Waals surface area contributed by atoms with Crippen molar-refractivity contribution in [1.82, 2.24) is 0 Å². The highest BCUT2D eigenvalue weighted by molar-refractivity contribution is 4.83. The molecular formula is C12H22F2. The Morgan fingerprint density at radius 1 is 0.929 bits per heavy atom. The molecule has 0 aromatic rings. The normalized spacial score (nSPS) is 12.1. The molecule has 0 unspecified atom stereocenters. The summed E-state index contributed by atoms with van der Waals surface area (Å²) in [4.78, 5) is 0. The van der Waals surface area contributed by atoms with Gasteiger partial charge in [-0.3, -0.25) is 0 Å². The average molecular weight is 204 g/mol. The van der Waals surface area contributed by atoms with E-state index in [1.165, 1.54) is 32.1 Å². The Kier molecular flexibility index (Phi) is 10.4. The van der Waals surface area contributed by atoms with E-state index in [1.54, 1.807) is 0 Å². The Morgan fingerprint density at radius 3 is 1.93 bits per heavy atom. The van der Waals surface area contributed by atoms with Crippen molar-refractivity contribution in [3.05, 3.63) is 12.2 Å². The van der Waals surface area contributed by atoms with Crippen molar-refractivity contribution in [2.75, 3.05) is 0 Å². The molecular weight excluding hydrogens is 182 g/mol. The molecule has 84 valence electrons. The molecule has 0 amide bonds. The molecule has 0 atom stereocenters. The van der Waals surface area contributed by atoms with E-state index in [2.05, 4.69) is 6.92 Å². The SMILES string of the molecule is CCCCCCCCCC/C(F)=C/F. The molecule has 0 radical (unpaired) electrons. The molecule has 0 aliphatic carbocycles. The molecule has 0 fully saturated rings. The van der Waals surface area contributed by atoms with Gasteiger partial charge < -0.3 is 0 Å². The molecule has 0 bridgehead atoms. The molecule has 14 heavy (non-hydrogen) atoms. The molecule has 0 nitrogen and oxygen atoms in total. The molecule has 0 N–H and O–H groups in total. The van der Waals surface area contributed by atoms with E-state index in [0.717, 1.165) is 19.3 Å². The predicted molar refractivity (Wildman–Crippen MR) is 57.5 cm³/mol. The molecule has 0 rings (SSSR count). The van der Waals surface area contributed by atoms with E-state index < -0.39 is 5.83 Å². The Hall–Kier alpha value is -0.400. The van der Waals surface area contributed by atoms with Crippen LogP contribution in [0.5, 0.6) is 0 Å². The first-order valence-electron chi connectivity index (χ1n) is 5.76. The number of halogens is 2. The summed E-state index contributed by atoms with van der Waals surface area (Å²) in [6.07, 6.45) is 9.72. The minimum Gasteiger partial charge on any atom is -0.213 e. The maximum Gasteiger partial charge on any atom is 0.128 e. The van der Waals surface area contributed by atoms with Crippen LogP contribution in [0.2, 0.25) is 0 Å². The molecule has 0 aliphatic heterocycles. The van der Waals surface area contributed by atoms with Crippen LogP contribution in [-0.2, 0) is 0 Å². The first kappa shape index (κ1) is 13.6. The summed E-state index contributed by atoms with van der Waals surface area (Å²) in [6.45, 7) is 2.20. The average Bonchev–Trinajstić information content (AvgIpc) is 2.21. The quantitative estimate of drug-likeness (QED) is 0.447. The summed E-state index contributed by atoms with van der Waals surface area (Å²) in [5, 5.41) is 0. The second-order valence-corrected chi connectivity index (χ2v) is 3.78. The third kappa shape index (κ3) is 9.69. The zero-order valence-electron chi connectivity index (χ0n) is 9.20. The molecule has 0 aromatic heterocycles. The number of unbranched alkanes of at least 4 members (excludes halogenated alkanes) is 7. The molecule has 0 aliphatic rings. The van der Waals surface area contributed by atoms with Gasteiger partial charge in [-0.25, -0.2) is 8.78 Å². The Morgan fingerprint density at radius 2 is 1.43 bits per heavy atom. The first-order chi connectivity index (χ1) is 6.81. The van der Waals surface area contributed by atoms with Crippen LogP contribution in [0.3, 0.4) is 0 Å². The van der Waals surface area contributed by atoms with Crippen LogP contribution in [0.1, 0.15) is 64.7 Å². The minimum absolute atomic E-state index is 0.0707. The smallest absolute Gasteiger partial charge is 0.128 e. The van der Waals surface area contributed by atoms with Crippen LogP contribution in [0.25, 0.3) is 0 Å². The maximum atomic E-state index is 12.3. The predicted octanol–water partition coefficient (Wildman–Crippen LogP) is 5.30. The first-order valence-corrected chi connectivity index (χ1v) is 5.76. The van der Waals surface area contributed by atoms with Gasteiger partial charge in [0.25, 0.3) is 0 Å². The van der Waals surface area contributed by atoms with Crippen LogP contribution in [0.15, 0.2) is 12.2 Å². The van der Waals surface area contributed by atoms with Gasteiger partial charge in [0.05, 0.1) is 0 Å². The van der Waals surface area contributed by atoms with E-state index >= 15 is 0 Å². The van der Waals surface area contributed by atoms with Crippen LogP contribution in [0, 0.1) is 0 Å². The molecule has 0 aromatic carbocycles. The summed E-state index contributed by atoms with van der Waals surface area (Å²) >= 11 is 0. The number of rotatable bonds is 9. The van der Waals surface area contributed by atoms with Crippen molar-refractivity contribution in [3.63, 3.8) is 0 Å². The molecule has 0 saturated heterocycles. The van der Waals surface area contributed by atoms with E-state index in [9.17, 15) is 8.78 Å². The van der Waals surface area contributed by atoms with Crippen molar-refractivity contribution in [1.29, 1.82) is 0 Å². The van der Waals surface area contributed by atoms with Gasteiger partial charge in [0, 0.05) is 6.42 Å². The second-order valence-electron chi connectivity index (χ2n) is 3.78. The molecule has 0 spiro atoms. The standard InChI is InChI=1S/C12H22F2/c1-2-3-4-5-6-7-8-9-10-12(14)11-13/h11H,2-10H2,1H3/b12-11-. The topological polar surface area (TPSA) is 0 Å². The molecule has 0 heterocycles. The van der Waals surface area contributed by atoms with E-state index in [4.69, 9.17) is 0 Å². The van der Waals surface area contributed by atoms with Crippen LogP contribution < -0.4 is 0 Å². The van der Waals surface area contributed by atoms with Crippen LogP contribution in [0.4, 0.5) is 8.78 Å². The fraction of sp³-hybridized carbons (Fsp3) is 0.833. The van der Waals surface area contributed by atoms with Crippen molar-refractivity contribution < 1.29 is 8.78 Å². The molecule has 2 heteroatoms.